The molecule has 1 saturated heterocycles. The second kappa shape index (κ2) is 8.31. The third-order valence-electron chi connectivity index (χ3n) is 5.45. The van der Waals surface area contributed by atoms with Crippen LogP contribution in [0.25, 0.3) is 0 Å². The van der Waals surface area contributed by atoms with Gasteiger partial charge in [0, 0.05) is 57.3 Å². The summed E-state index contributed by atoms with van der Waals surface area (Å²) in [5.74, 6) is 1.93. The highest BCUT2D eigenvalue weighted by atomic mass is 19.1. The Morgan fingerprint density at radius 3 is 2.75 bits per heavy atom. The Kier molecular flexibility index (Phi) is 5.62. The maximum Gasteiger partial charge on any atom is 0.194 e. The Labute approximate surface area is 165 Å². The SMILES string of the molecule is CCN=C(NC1CC1c1ccccc1F)N1CCN(Cc2cc(C)on2)CC1. The fourth-order valence-electron chi connectivity index (χ4n) is 3.87. The number of nitrogens with one attached hydrogen (secondary N) is 1. The van der Waals surface area contributed by atoms with Gasteiger partial charge in [0.05, 0.1) is 5.69 Å². The molecule has 1 aliphatic heterocycles. The predicted octanol–water partition coefficient (Wildman–Crippen LogP) is 2.76. The number of halogens is 1. The third kappa shape index (κ3) is 4.35. The van der Waals surface area contributed by atoms with Gasteiger partial charge in [0.15, 0.2) is 5.96 Å². The molecule has 1 N–H and O–H groups in total. The third-order valence-corrected chi connectivity index (χ3v) is 5.45. The number of benzene rings is 1. The second-order valence-corrected chi connectivity index (χ2v) is 7.60. The van der Waals surface area contributed by atoms with Gasteiger partial charge in [-0.2, -0.15) is 0 Å². The fourth-order valence-corrected chi connectivity index (χ4v) is 3.87. The van der Waals surface area contributed by atoms with Crippen molar-refractivity contribution in [1.82, 2.24) is 20.3 Å². The molecule has 2 heterocycles. The van der Waals surface area contributed by atoms with Gasteiger partial charge in [0.2, 0.25) is 0 Å². The summed E-state index contributed by atoms with van der Waals surface area (Å²) in [5, 5.41) is 7.66. The lowest BCUT2D eigenvalue weighted by Gasteiger charge is -2.36. The number of aliphatic imine (C=N–C) groups is 1. The van der Waals surface area contributed by atoms with Crippen molar-refractivity contribution in [2.24, 2.45) is 4.99 Å². The van der Waals surface area contributed by atoms with E-state index in [-0.39, 0.29) is 17.8 Å². The molecule has 1 aliphatic carbocycles. The van der Waals surface area contributed by atoms with Gasteiger partial charge in [-0.1, -0.05) is 23.4 Å². The molecule has 0 bridgehead atoms. The fraction of sp³-hybridized carbons (Fsp3) is 0.524. The van der Waals surface area contributed by atoms with Crippen molar-refractivity contribution in [3.05, 3.63) is 53.2 Å². The number of rotatable bonds is 5. The molecule has 6 nitrogen and oxygen atoms in total. The molecule has 2 unspecified atom stereocenters. The van der Waals surface area contributed by atoms with Crippen LogP contribution in [0.1, 0.15) is 36.3 Å². The van der Waals surface area contributed by atoms with Crippen LogP contribution in [-0.2, 0) is 6.54 Å². The van der Waals surface area contributed by atoms with Crippen molar-refractivity contribution in [3.63, 3.8) is 0 Å². The van der Waals surface area contributed by atoms with Crippen LogP contribution in [0.3, 0.4) is 0 Å². The van der Waals surface area contributed by atoms with E-state index >= 15 is 0 Å². The summed E-state index contributed by atoms with van der Waals surface area (Å²) in [6, 6.07) is 9.34. The standard InChI is InChI=1S/C21H28FN5O/c1-3-23-21(24-20-13-18(20)17-6-4-5-7-19(17)22)27-10-8-26(9-11-27)14-16-12-15(2)28-25-16/h4-7,12,18,20H,3,8-11,13-14H2,1-2H3,(H,23,24). The minimum atomic E-state index is -0.109. The van der Waals surface area contributed by atoms with E-state index in [4.69, 9.17) is 4.52 Å². The quantitative estimate of drug-likeness (QED) is 0.634. The lowest BCUT2D eigenvalue weighted by atomic mass is 10.1. The molecule has 2 aliphatic rings. The van der Waals surface area contributed by atoms with Crippen LogP contribution in [0.4, 0.5) is 4.39 Å². The molecular formula is C21H28FN5O. The first-order valence-electron chi connectivity index (χ1n) is 10.1. The molecule has 4 rings (SSSR count). The number of hydrogen-bond acceptors (Lipinski definition) is 4. The van der Waals surface area contributed by atoms with Crippen molar-refractivity contribution in [3.8, 4) is 0 Å². The van der Waals surface area contributed by atoms with Crippen LogP contribution >= 0.6 is 0 Å². The first kappa shape index (κ1) is 18.9. The van der Waals surface area contributed by atoms with E-state index in [1.807, 2.05) is 32.0 Å². The summed E-state index contributed by atoms with van der Waals surface area (Å²) in [6.45, 7) is 9.26. The summed E-state index contributed by atoms with van der Waals surface area (Å²) in [4.78, 5) is 9.38. The Hall–Kier alpha value is -2.41. The average Bonchev–Trinajstić information content (AvgIpc) is 3.34. The van der Waals surface area contributed by atoms with Crippen LogP contribution in [0.5, 0.6) is 0 Å². The van der Waals surface area contributed by atoms with E-state index < -0.39 is 0 Å². The molecule has 1 saturated carbocycles. The maximum absolute atomic E-state index is 14.0. The van der Waals surface area contributed by atoms with E-state index in [0.717, 1.165) is 68.7 Å². The number of aryl methyl sites for hydroxylation is 1. The molecule has 0 amide bonds. The first-order valence-corrected chi connectivity index (χ1v) is 10.1. The minimum absolute atomic E-state index is 0.109. The van der Waals surface area contributed by atoms with Gasteiger partial charge in [0.1, 0.15) is 11.6 Å². The average molecular weight is 385 g/mol. The Morgan fingerprint density at radius 1 is 1.29 bits per heavy atom. The second-order valence-electron chi connectivity index (χ2n) is 7.60. The van der Waals surface area contributed by atoms with Gasteiger partial charge in [-0.15, -0.1) is 0 Å². The van der Waals surface area contributed by atoms with Crippen LogP contribution in [0.15, 0.2) is 39.8 Å². The van der Waals surface area contributed by atoms with E-state index in [2.05, 4.69) is 25.3 Å². The van der Waals surface area contributed by atoms with Crippen LogP contribution in [-0.4, -0.2) is 59.7 Å². The Morgan fingerprint density at radius 2 is 2.07 bits per heavy atom. The zero-order valence-electron chi connectivity index (χ0n) is 16.6. The van der Waals surface area contributed by atoms with Gasteiger partial charge >= 0.3 is 0 Å². The number of aromatic nitrogens is 1. The molecule has 7 heteroatoms. The highest BCUT2D eigenvalue weighted by molar-refractivity contribution is 5.81. The van der Waals surface area contributed by atoms with E-state index in [1.165, 1.54) is 0 Å². The summed E-state index contributed by atoms with van der Waals surface area (Å²) >= 11 is 0. The van der Waals surface area contributed by atoms with E-state index in [0.29, 0.717) is 0 Å². The Balaban J connectivity index is 1.31. The summed E-state index contributed by atoms with van der Waals surface area (Å²) < 4.78 is 19.2. The van der Waals surface area contributed by atoms with Crippen LogP contribution in [0, 0.1) is 12.7 Å². The molecule has 28 heavy (non-hydrogen) atoms. The van der Waals surface area contributed by atoms with Gasteiger partial charge < -0.3 is 14.7 Å². The monoisotopic (exact) mass is 385 g/mol. The topological polar surface area (TPSA) is 56.9 Å². The van der Waals surface area contributed by atoms with Gasteiger partial charge in [-0.3, -0.25) is 9.89 Å². The maximum atomic E-state index is 14.0. The number of hydrogen-bond donors (Lipinski definition) is 1. The predicted molar refractivity (Wildman–Crippen MR) is 107 cm³/mol. The smallest absolute Gasteiger partial charge is 0.194 e. The molecule has 1 aromatic heterocycles. The Bertz CT molecular complexity index is 828. The van der Waals surface area contributed by atoms with Gasteiger partial charge in [-0.05, 0) is 31.9 Å². The van der Waals surface area contributed by atoms with Crippen molar-refractivity contribution in [1.29, 1.82) is 0 Å². The van der Waals surface area contributed by atoms with Gasteiger partial charge in [0.25, 0.3) is 0 Å². The molecule has 0 spiro atoms. The van der Waals surface area contributed by atoms with E-state index in [9.17, 15) is 4.39 Å². The van der Waals surface area contributed by atoms with Crippen molar-refractivity contribution in [2.75, 3.05) is 32.7 Å². The highest BCUT2D eigenvalue weighted by Crippen LogP contribution is 2.41. The summed E-state index contributed by atoms with van der Waals surface area (Å²) in [7, 11) is 0. The van der Waals surface area contributed by atoms with Crippen molar-refractivity contribution in [2.45, 2.75) is 38.8 Å². The zero-order valence-corrected chi connectivity index (χ0v) is 16.6. The van der Waals surface area contributed by atoms with Crippen LogP contribution in [0.2, 0.25) is 0 Å². The number of piperazine rings is 1. The summed E-state index contributed by atoms with van der Waals surface area (Å²) in [5.41, 5.74) is 1.79. The number of guanidine groups is 1. The van der Waals surface area contributed by atoms with Crippen molar-refractivity contribution >= 4 is 5.96 Å². The molecule has 1 aromatic carbocycles. The number of nitrogens with zero attached hydrogens (tertiary/aromatic N) is 4. The van der Waals surface area contributed by atoms with Crippen molar-refractivity contribution < 1.29 is 8.91 Å². The molecule has 150 valence electrons. The van der Waals surface area contributed by atoms with E-state index in [1.54, 1.807) is 12.1 Å². The summed E-state index contributed by atoms with van der Waals surface area (Å²) in [6.07, 6.45) is 0.954. The lowest BCUT2D eigenvalue weighted by Crippen LogP contribution is -2.52. The largest absolute Gasteiger partial charge is 0.361 e. The molecule has 2 fully saturated rings. The highest BCUT2D eigenvalue weighted by Gasteiger charge is 2.41. The van der Waals surface area contributed by atoms with Gasteiger partial charge in [-0.25, -0.2) is 4.39 Å². The molecule has 0 radical (unpaired) electrons. The minimum Gasteiger partial charge on any atom is -0.361 e. The molecule has 2 atom stereocenters. The van der Waals surface area contributed by atoms with Crippen LogP contribution < -0.4 is 5.32 Å². The zero-order chi connectivity index (χ0) is 19.5. The normalized spacial score (nSPS) is 23.1. The molecule has 2 aromatic rings. The first-order chi connectivity index (χ1) is 13.6. The lowest BCUT2D eigenvalue weighted by molar-refractivity contribution is 0.168. The molecular weight excluding hydrogens is 357 g/mol.